The number of nitrogens with zero attached hydrogens (tertiary/aromatic N) is 3. The van der Waals surface area contributed by atoms with E-state index in [4.69, 9.17) is 4.74 Å². The molecule has 192 valence electrons. The number of carbonyl (C=O) groups is 3. The molecule has 0 bridgehead atoms. The normalized spacial score (nSPS) is 33.5. The van der Waals surface area contributed by atoms with Crippen molar-refractivity contribution >= 4 is 23.4 Å². The number of rotatable bonds is 7. The van der Waals surface area contributed by atoms with Crippen molar-refractivity contribution < 1.29 is 24.2 Å². The van der Waals surface area contributed by atoms with Crippen LogP contribution in [0.4, 0.5) is 5.69 Å². The Kier molecular flexibility index (Phi) is 6.51. The fraction of sp³-hybridized carbons (Fsp3) is 0.536. The van der Waals surface area contributed by atoms with E-state index in [0.29, 0.717) is 26.1 Å². The first-order valence-electron chi connectivity index (χ1n) is 13.0. The molecule has 1 spiro atoms. The van der Waals surface area contributed by atoms with Crippen LogP contribution in [0.3, 0.4) is 0 Å². The Balaban J connectivity index is 1.60. The molecule has 5 rings (SSSR count). The first-order valence-corrected chi connectivity index (χ1v) is 13.0. The molecule has 5 atom stereocenters. The minimum absolute atomic E-state index is 0.0940. The van der Waals surface area contributed by atoms with Crippen molar-refractivity contribution in [3.63, 3.8) is 0 Å². The SMILES string of the molecule is CCCCN1CC=C[C@]23O[C@@]4(C)C=CCN(c5ccccc5)C(=O)[C@H]4[C@H]2C(=O)N(CCCO)C3C1=O. The number of benzene rings is 1. The highest BCUT2D eigenvalue weighted by atomic mass is 16.5. The number of hydrogen-bond acceptors (Lipinski definition) is 5. The van der Waals surface area contributed by atoms with Gasteiger partial charge in [0, 0.05) is 38.5 Å². The van der Waals surface area contributed by atoms with E-state index in [-0.39, 0.29) is 30.9 Å². The minimum Gasteiger partial charge on any atom is -0.396 e. The van der Waals surface area contributed by atoms with Gasteiger partial charge in [0.1, 0.15) is 11.6 Å². The Morgan fingerprint density at radius 1 is 0.944 bits per heavy atom. The van der Waals surface area contributed by atoms with Crippen molar-refractivity contribution in [2.24, 2.45) is 11.8 Å². The Hall–Kier alpha value is -2.97. The summed E-state index contributed by atoms with van der Waals surface area (Å²) in [5, 5.41) is 9.52. The number of carbonyl (C=O) groups excluding carboxylic acids is 3. The quantitative estimate of drug-likeness (QED) is 0.588. The highest BCUT2D eigenvalue weighted by molar-refractivity contribution is 6.04. The molecule has 8 nitrogen and oxygen atoms in total. The molecule has 8 heteroatoms. The van der Waals surface area contributed by atoms with Crippen LogP contribution < -0.4 is 4.90 Å². The number of aliphatic hydroxyl groups excluding tert-OH is 1. The molecule has 2 fully saturated rings. The molecule has 1 aromatic carbocycles. The van der Waals surface area contributed by atoms with E-state index in [1.807, 2.05) is 61.6 Å². The summed E-state index contributed by atoms with van der Waals surface area (Å²) >= 11 is 0. The lowest BCUT2D eigenvalue weighted by molar-refractivity contribution is -0.151. The third-order valence-corrected chi connectivity index (χ3v) is 8.05. The van der Waals surface area contributed by atoms with E-state index in [1.165, 1.54) is 0 Å². The third kappa shape index (κ3) is 3.69. The van der Waals surface area contributed by atoms with Gasteiger partial charge in [0.15, 0.2) is 0 Å². The van der Waals surface area contributed by atoms with Crippen molar-refractivity contribution in [3.05, 3.63) is 54.6 Å². The highest BCUT2D eigenvalue weighted by Gasteiger charge is 2.74. The van der Waals surface area contributed by atoms with E-state index in [0.717, 1.165) is 18.5 Å². The van der Waals surface area contributed by atoms with E-state index in [1.54, 1.807) is 14.7 Å². The lowest BCUT2D eigenvalue weighted by atomic mass is 9.74. The van der Waals surface area contributed by atoms with Crippen molar-refractivity contribution in [1.29, 1.82) is 0 Å². The summed E-state index contributed by atoms with van der Waals surface area (Å²) < 4.78 is 6.79. The molecule has 4 heterocycles. The fourth-order valence-corrected chi connectivity index (χ4v) is 6.44. The second-order valence-corrected chi connectivity index (χ2v) is 10.3. The maximum absolute atomic E-state index is 14.2. The van der Waals surface area contributed by atoms with E-state index < -0.39 is 29.1 Å². The summed E-state index contributed by atoms with van der Waals surface area (Å²) in [6, 6.07) is 8.56. The minimum atomic E-state index is -1.25. The molecule has 0 radical (unpaired) electrons. The number of unbranched alkanes of at least 4 members (excludes halogenated alkanes) is 1. The number of likely N-dealkylation sites (tertiary alicyclic amines) is 1. The van der Waals surface area contributed by atoms with Crippen molar-refractivity contribution in [3.8, 4) is 0 Å². The molecule has 0 aliphatic carbocycles. The Morgan fingerprint density at radius 3 is 2.42 bits per heavy atom. The van der Waals surface area contributed by atoms with Gasteiger partial charge in [0.25, 0.3) is 0 Å². The maximum atomic E-state index is 14.2. The van der Waals surface area contributed by atoms with Crippen LogP contribution in [0.5, 0.6) is 0 Å². The number of para-hydroxylation sites is 1. The van der Waals surface area contributed by atoms with Gasteiger partial charge in [-0.2, -0.15) is 0 Å². The van der Waals surface area contributed by atoms with Gasteiger partial charge in [-0.05, 0) is 31.9 Å². The second-order valence-electron chi connectivity index (χ2n) is 10.3. The van der Waals surface area contributed by atoms with Gasteiger partial charge in [-0.25, -0.2) is 0 Å². The highest BCUT2D eigenvalue weighted by Crippen LogP contribution is 2.57. The average Bonchev–Trinajstić information content (AvgIpc) is 3.14. The van der Waals surface area contributed by atoms with Crippen LogP contribution in [0.25, 0.3) is 0 Å². The van der Waals surface area contributed by atoms with Crippen molar-refractivity contribution in [2.45, 2.75) is 50.4 Å². The van der Waals surface area contributed by atoms with Crippen LogP contribution in [-0.4, -0.2) is 82.7 Å². The summed E-state index contributed by atoms with van der Waals surface area (Å²) in [6.45, 7) is 5.49. The van der Waals surface area contributed by atoms with E-state index in [2.05, 4.69) is 6.92 Å². The summed E-state index contributed by atoms with van der Waals surface area (Å²) in [7, 11) is 0. The van der Waals surface area contributed by atoms with Gasteiger partial charge < -0.3 is 24.5 Å². The zero-order valence-electron chi connectivity index (χ0n) is 21.0. The molecule has 1 unspecified atom stereocenters. The summed E-state index contributed by atoms with van der Waals surface area (Å²) in [4.78, 5) is 47.3. The topological polar surface area (TPSA) is 90.4 Å². The molecule has 1 N–H and O–H groups in total. The van der Waals surface area contributed by atoms with Crippen LogP contribution in [0.2, 0.25) is 0 Å². The van der Waals surface area contributed by atoms with E-state index >= 15 is 0 Å². The van der Waals surface area contributed by atoms with Crippen molar-refractivity contribution in [1.82, 2.24) is 9.80 Å². The number of aliphatic hydroxyl groups is 1. The number of fused-ring (bicyclic) bond motifs is 2. The lowest BCUT2D eigenvalue weighted by Gasteiger charge is -2.37. The largest absolute Gasteiger partial charge is 0.396 e. The van der Waals surface area contributed by atoms with Gasteiger partial charge in [0.2, 0.25) is 17.7 Å². The molecule has 4 aliphatic heterocycles. The van der Waals surface area contributed by atoms with Gasteiger partial charge in [-0.15, -0.1) is 0 Å². The molecule has 0 saturated carbocycles. The van der Waals surface area contributed by atoms with Gasteiger partial charge >= 0.3 is 0 Å². The first kappa shape index (κ1) is 24.7. The molecule has 2 saturated heterocycles. The summed E-state index contributed by atoms with van der Waals surface area (Å²) in [5.41, 5.74) is -1.52. The van der Waals surface area contributed by atoms with Gasteiger partial charge in [-0.1, -0.05) is 55.8 Å². The second kappa shape index (κ2) is 9.48. The Bertz CT molecular complexity index is 1090. The van der Waals surface area contributed by atoms with E-state index in [9.17, 15) is 19.5 Å². The molecule has 3 amide bonds. The zero-order valence-corrected chi connectivity index (χ0v) is 21.0. The number of anilines is 1. The summed E-state index contributed by atoms with van der Waals surface area (Å²) in [5.74, 6) is -2.21. The Labute approximate surface area is 212 Å². The molecule has 36 heavy (non-hydrogen) atoms. The number of hydrogen-bond donors (Lipinski definition) is 1. The number of ether oxygens (including phenoxy) is 1. The summed E-state index contributed by atoms with van der Waals surface area (Å²) in [6.07, 6.45) is 9.76. The Morgan fingerprint density at radius 2 is 1.69 bits per heavy atom. The molecule has 4 aliphatic rings. The van der Waals surface area contributed by atoms with Crippen LogP contribution in [-0.2, 0) is 19.1 Å². The van der Waals surface area contributed by atoms with Crippen molar-refractivity contribution in [2.75, 3.05) is 37.7 Å². The number of amides is 3. The third-order valence-electron chi connectivity index (χ3n) is 8.05. The lowest BCUT2D eigenvalue weighted by Crippen LogP contribution is -2.56. The van der Waals surface area contributed by atoms with Crippen LogP contribution in [0.15, 0.2) is 54.6 Å². The fourth-order valence-electron chi connectivity index (χ4n) is 6.44. The standard InChI is InChI=1S/C28H35N3O5/c1-3-4-15-29-16-9-14-28-22(25(34)31(18-10-19-32)23(28)26(29)35)21-24(33)30(20-11-6-5-7-12-20)17-8-13-27(21,2)36-28/h5-9,11-14,21-23,32H,3-4,10,15-19H2,1-2H3/t21-,22+,23?,27+,28+/m1/s1. The first-order chi connectivity index (χ1) is 17.4. The van der Waals surface area contributed by atoms with Crippen LogP contribution in [0, 0.1) is 11.8 Å². The molecule has 0 aromatic heterocycles. The van der Waals surface area contributed by atoms with Gasteiger partial charge in [0.05, 0.1) is 17.4 Å². The molecular weight excluding hydrogens is 458 g/mol. The van der Waals surface area contributed by atoms with Gasteiger partial charge in [-0.3, -0.25) is 14.4 Å². The van der Waals surface area contributed by atoms with Crippen LogP contribution in [0.1, 0.15) is 33.1 Å². The smallest absolute Gasteiger partial charge is 0.249 e. The molecular formula is C28H35N3O5. The predicted octanol–water partition coefficient (Wildman–Crippen LogP) is 2.14. The van der Waals surface area contributed by atoms with Crippen LogP contribution >= 0.6 is 0 Å². The molecule has 1 aromatic rings. The zero-order chi connectivity index (χ0) is 25.5. The maximum Gasteiger partial charge on any atom is 0.249 e. The average molecular weight is 494 g/mol. The predicted molar refractivity (Wildman–Crippen MR) is 135 cm³/mol. The monoisotopic (exact) mass is 493 g/mol.